The van der Waals surface area contributed by atoms with Crippen molar-refractivity contribution in [2.45, 2.75) is 110 Å². The van der Waals surface area contributed by atoms with Gasteiger partial charge in [-0.2, -0.15) is 0 Å². The van der Waals surface area contributed by atoms with Crippen molar-refractivity contribution in [3.63, 3.8) is 0 Å². The van der Waals surface area contributed by atoms with E-state index in [4.69, 9.17) is 13.9 Å². The van der Waals surface area contributed by atoms with Gasteiger partial charge in [-0.1, -0.05) is 101 Å². The highest BCUT2D eigenvalue weighted by Crippen LogP contribution is 2.38. The SMILES string of the molecule is CCCCC(CN(C(=O)OCc1ccccc1)N(C(=O)OCc1ccccc1)[C@@H](C)[C@@H](C)O)O[Si](C)(C)C(C)(C)C. The van der Waals surface area contributed by atoms with Crippen molar-refractivity contribution in [3.8, 4) is 0 Å². The Morgan fingerprint density at radius 3 is 1.80 bits per heavy atom. The lowest BCUT2D eigenvalue weighted by molar-refractivity contribution is -0.0815. The summed E-state index contributed by atoms with van der Waals surface area (Å²) in [6.45, 7) is 16.4. The largest absolute Gasteiger partial charge is 0.443 e. The number of aliphatic hydroxyl groups excluding tert-OH is 1. The number of hydrogen-bond donors (Lipinski definition) is 1. The molecule has 2 aromatic rings. The Kier molecular flexibility index (Phi) is 13.3. The molecule has 0 saturated carbocycles. The zero-order valence-corrected chi connectivity index (χ0v) is 27.1. The average molecular weight is 587 g/mol. The van der Waals surface area contributed by atoms with Gasteiger partial charge in [-0.25, -0.2) is 19.6 Å². The molecule has 2 aromatic carbocycles. The first kappa shape index (κ1) is 34.3. The molecule has 0 spiro atoms. The molecule has 228 valence electrons. The number of aliphatic hydroxyl groups is 1. The third-order valence-corrected chi connectivity index (χ3v) is 12.2. The fourth-order valence-electron chi connectivity index (χ4n) is 3.92. The summed E-state index contributed by atoms with van der Waals surface area (Å²) in [5.74, 6) is 0. The molecule has 1 unspecified atom stereocenters. The van der Waals surface area contributed by atoms with Gasteiger partial charge in [-0.3, -0.25) is 0 Å². The molecule has 9 heteroatoms. The molecule has 41 heavy (non-hydrogen) atoms. The van der Waals surface area contributed by atoms with Gasteiger partial charge >= 0.3 is 12.2 Å². The Balaban J connectivity index is 2.43. The van der Waals surface area contributed by atoms with Crippen LogP contribution in [0, 0.1) is 0 Å². The molecule has 0 saturated heterocycles. The van der Waals surface area contributed by atoms with Crippen LogP contribution in [0.1, 0.15) is 71.9 Å². The van der Waals surface area contributed by atoms with Gasteiger partial charge in [0.1, 0.15) is 13.2 Å². The summed E-state index contributed by atoms with van der Waals surface area (Å²) >= 11 is 0. The van der Waals surface area contributed by atoms with Crippen LogP contribution in [0.2, 0.25) is 18.1 Å². The van der Waals surface area contributed by atoms with Gasteiger partial charge in [-0.15, -0.1) is 0 Å². The number of unbranched alkanes of at least 4 members (excludes halogenated alkanes) is 1. The van der Waals surface area contributed by atoms with Crippen molar-refractivity contribution in [2.24, 2.45) is 0 Å². The number of carbonyl (C=O) groups is 2. The van der Waals surface area contributed by atoms with Gasteiger partial charge in [0.15, 0.2) is 8.32 Å². The molecule has 8 nitrogen and oxygen atoms in total. The molecule has 1 N–H and O–H groups in total. The number of carbonyl (C=O) groups excluding carboxylic acids is 2. The van der Waals surface area contributed by atoms with Crippen molar-refractivity contribution >= 4 is 20.5 Å². The van der Waals surface area contributed by atoms with Crippen LogP contribution < -0.4 is 0 Å². The molecule has 3 atom stereocenters. The summed E-state index contributed by atoms with van der Waals surface area (Å²) in [5, 5.41) is 13.0. The Hall–Kier alpha value is -2.88. The number of hydrogen-bond acceptors (Lipinski definition) is 6. The molecule has 0 radical (unpaired) electrons. The highest BCUT2D eigenvalue weighted by atomic mass is 28.4. The molecule has 2 amide bonds. The number of benzene rings is 2. The predicted octanol–water partition coefficient (Wildman–Crippen LogP) is 7.53. The van der Waals surface area contributed by atoms with E-state index in [1.54, 1.807) is 13.8 Å². The van der Waals surface area contributed by atoms with Crippen LogP contribution in [0.4, 0.5) is 9.59 Å². The predicted molar refractivity (Wildman–Crippen MR) is 165 cm³/mol. The molecule has 0 aliphatic carbocycles. The van der Waals surface area contributed by atoms with Gasteiger partial charge in [0.25, 0.3) is 0 Å². The second-order valence-electron chi connectivity index (χ2n) is 12.1. The number of rotatable bonds is 13. The van der Waals surface area contributed by atoms with Gasteiger partial charge in [0, 0.05) is 0 Å². The normalized spacial score (nSPS) is 14.1. The fraction of sp³-hybridized carbons (Fsp3) is 0.562. The lowest BCUT2D eigenvalue weighted by atomic mass is 10.1. The third kappa shape index (κ3) is 10.8. The minimum atomic E-state index is -2.22. The Morgan fingerprint density at radius 2 is 1.37 bits per heavy atom. The van der Waals surface area contributed by atoms with Gasteiger partial charge in [0.2, 0.25) is 0 Å². The first-order valence-corrected chi connectivity index (χ1v) is 17.5. The van der Waals surface area contributed by atoms with E-state index in [9.17, 15) is 14.7 Å². The summed E-state index contributed by atoms with van der Waals surface area (Å²) in [7, 11) is -2.22. The summed E-state index contributed by atoms with van der Waals surface area (Å²) in [6.07, 6.45) is -0.176. The lowest BCUT2D eigenvalue weighted by Crippen LogP contribution is -2.59. The van der Waals surface area contributed by atoms with Crippen molar-refractivity contribution in [2.75, 3.05) is 6.54 Å². The van der Waals surface area contributed by atoms with Gasteiger partial charge < -0.3 is 19.0 Å². The highest BCUT2D eigenvalue weighted by Gasteiger charge is 2.42. The number of amides is 2. The van der Waals surface area contributed by atoms with Crippen molar-refractivity contribution in [1.82, 2.24) is 10.0 Å². The van der Waals surface area contributed by atoms with Crippen LogP contribution >= 0.6 is 0 Å². The molecule has 2 rings (SSSR count). The van der Waals surface area contributed by atoms with Crippen LogP contribution in [0.5, 0.6) is 0 Å². The van der Waals surface area contributed by atoms with Crippen LogP contribution in [0.25, 0.3) is 0 Å². The highest BCUT2D eigenvalue weighted by molar-refractivity contribution is 6.74. The Labute approximate surface area is 247 Å². The zero-order valence-electron chi connectivity index (χ0n) is 26.1. The second-order valence-corrected chi connectivity index (χ2v) is 16.9. The van der Waals surface area contributed by atoms with Crippen LogP contribution in [0.3, 0.4) is 0 Å². The number of hydrazine groups is 1. The summed E-state index contributed by atoms with van der Waals surface area (Å²) in [5.41, 5.74) is 1.63. The molecule has 0 heterocycles. The maximum Gasteiger partial charge on any atom is 0.429 e. The summed E-state index contributed by atoms with van der Waals surface area (Å²) in [6, 6.07) is 17.9. The monoisotopic (exact) mass is 586 g/mol. The Morgan fingerprint density at radius 1 is 0.878 bits per heavy atom. The van der Waals surface area contributed by atoms with E-state index >= 15 is 0 Å². The first-order valence-electron chi connectivity index (χ1n) is 14.6. The van der Waals surface area contributed by atoms with E-state index in [1.165, 1.54) is 10.0 Å². The second kappa shape index (κ2) is 15.9. The average Bonchev–Trinajstić information content (AvgIpc) is 2.93. The number of ether oxygens (including phenoxy) is 2. The topological polar surface area (TPSA) is 88.5 Å². The smallest absolute Gasteiger partial charge is 0.429 e. The third-order valence-electron chi connectivity index (χ3n) is 7.68. The Bertz CT molecular complexity index is 1060. The van der Waals surface area contributed by atoms with Crippen molar-refractivity contribution in [1.29, 1.82) is 0 Å². The molecule has 0 aliphatic heterocycles. The fourth-order valence-corrected chi connectivity index (χ4v) is 5.30. The molecular weight excluding hydrogens is 536 g/mol. The molecule has 0 aromatic heterocycles. The van der Waals surface area contributed by atoms with Crippen LogP contribution in [0.15, 0.2) is 60.7 Å². The van der Waals surface area contributed by atoms with Gasteiger partial charge in [-0.05, 0) is 49.5 Å². The van der Waals surface area contributed by atoms with E-state index in [0.717, 1.165) is 24.0 Å². The molecule has 0 bridgehead atoms. The number of nitrogens with zero attached hydrogens (tertiary/aromatic N) is 2. The quantitative estimate of drug-likeness (QED) is 0.193. The van der Waals surface area contributed by atoms with Crippen molar-refractivity contribution in [3.05, 3.63) is 71.8 Å². The summed E-state index contributed by atoms with van der Waals surface area (Å²) in [4.78, 5) is 27.4. The minimum absolute atomic E-state index is 0.0232. The minimum Gasteiger partial charge on any atom is -0.443 e. The van der Waals surface area contributed by atoms with Crippen LogP contribution in [-0.2, 0) is 27.1 Å². The maximum atomic E-state index is 13.8. The van der Waals surface area contributed by atoms with Gasteiger partial charge in [0.05, 0.1) is 24.8 Å². The molecular formula is C32H50N2O6Si. The van der Waals surface area contributed by atoms with E-state index in [0.29, 0.717) is 6.42 Å². The standard InChI is InChI=1S/C32H50N2O6Si/c1-9-10-21-29(40-41(7,8)32(4,5)6)22-33(30(36)38-23-27-17-13-11-14-18-27)34(25(2)26(3)35)31(37)39-24-28-19-15-12-16-20-28/h11-20,25-26,29,35H,9-10,21-24H2,1-8H3/t25-,26+,29?/m0/s1. The first-order chi connectivity index (χ1) is 19.3. The van der Waals surface area contributed by atoms with E-state index < -0.39 is 32.6 Å². The maximum absolute atomic E-state index is 13.8. The molecule has 0 fully saturated rings. The van der Waals surface area contributed by atoms with E-state index in [2.05, 4.69) is 40.8 Å². The summed E-state index contributed by atoms with van der Waals surface area (Å²) < 4.78 is 18.2. The van der Waals surface area contributed by atoms with E-state index in [1.807, 2.05) is 60.7 Å². The van der Waals surface area contributed by atoms with Crippen LogP contribution in [-0.4, -0.2) is 60.4 Å². The van der Waals surface area contributed by atoms with Crippen molar-refractivity contribution < 1.29 is 28.6 Å². The molecule has 0 aliphatic rings. The lowest BCUT2D eigenvalue weighted by Gasteiger charge is -2.43. The van der Waals surface area contributed by atoms with E-state index in [-0.39, 0.29) is 30.9 Å². The zero-order chi connectivity index (χ0) is 30.6.